The van der Waals surface area contributed by atoms with Crippen LogP contribution in [0.3, 0.4) is 0 Å². The Morgan fingerprint density at radius 3 is 2.73 bits per heavy atom. The van der Waals surface area contributed by atoms with E-state index in [1.165, 1.54) is 0 Å². The van der Waals surface area contributed by atoms with E-state index in [2.05, 4.69) is 20.5 Å². The lowest BCUT2D eigenvalue weighted by atomic mass is 10.1. The van der Waals surface area contributed by atoms with Gasteiger partial charge < -0.3 is 21.1 Å². The third-order valence-corrected chi connectivity index (χ3v) is 4.83. The minimum atomic E-state index is -0.272. The number of piperidine rings is 1. The highest BCUT2D eigenvalue weighted by Gasteiger charge is 2.20. The molecule has 7 nitrogen and oxygen atoms in total. The number of amides is 1. The summed E-state index contributed by atoms with van der Waals surface area (Å²) in [5, 5.41) is 7.47. The predicted octanol–water partition coefficient (Wildman–Crippen LogP) is 1.01. The van der Waals surface area contributed by atoms with Crippen molar-refractivity contribution in [3.8, 4) is 5.75 Å². The van der Waals surface area contributed by atoms with Gasteiger partial charge in [-0.1, -0.05) is 17.7 Å². The van der Waals surface area contributed by atoms with Crippen molar-refractivity contribution in [2.24, 2.45) is 10.7 Å². The number of likely N-dealkylation sites (tertiary alicyclic amines) is 1. The van der Waals surface area contributed by atoms with Crippen molar-refractivity contribution in [1.29, 1.82) is 0 Å². The Labute approximate surface area is 159 Å². The molecule has 26 heavy (non-hydrogen) atoms. The van der Waals surface area contributed by atoms with E-state index in [0.29, 0.717) is 17.6 Å². The first-order valence-corrected chi connectivity index (χ1v) is 9.20. The zero-order valence-electron chi connectivity index (χ0n) is 15.4. The molecule has 1 aromatic carbocycles. The van der Waals surface area contributed by atoms with Crippen molar-refractivity contribution in [2.45, 2.75) is 25.3 Å². The van der Waals surface area contributed by atoms with Crippen LogP contribution < -0.4 is 21.1 Å². The van der Waals surface area contributed by atoms with Crippen molar-refractivity contribution < 1.29 is 9.53 Å². The lowest BCUT2D eigenvalue weighted by molar-refractivity contribution is -0.119. The number of carbonyl (C=O) groups is 1. The van der Waals surface area contributed by atoms with E-state index in [9.17, 15) is 4.79 Å². The number of nitrogens with zero attached hydrogens (tertiary/aromatic N) is 2. The molecular formula is C18H28ClN5O2. The van der Waals surface area contributed by atoms with Gasteiger partial charge in [-0.25, -0.2) is 0 Å². The molecule has 0 atom stereocenters. The van der Waals surface area contributed by atoms with Crippen LogP contribution in [0.4, 0.5) is 0 Å². The topological polar surface area (TPSA) is 92.0 Å². The molecule has 4 N–H and O–H groups in total. The normalized spacial score (nSPS) is 16.3. The number of ether oxygens (including phenoxy) is 1. The Morgan fingerprint density at radius 1 is 1.42 bits per heavy atom. The van der Waals surface area contributed by atoms with E-state index in [4.69, 9.17) is 22.1 Å². The van der Waals surface area contributed by atoms with Gasteiger partial charge in [0.05, 0.1) is 13.7 Å². The average molecular weight is 382 g/mol. The lowest BCUT2D eigenvalue weighted by Crippen LogP contribution is -2.50. The first kappa shape index (κ1) is 20.3. The van der Waals surface area contributed by atoms with Gasteiger partial charge in [0.2, 0.25) is 5.91 Å². The van der Waals surface area contributed by atoms with Gasteiger partial charge in [0.1, 0.15) is 5.75 Å². The summed E-state index contributed by atoms with van der Waals surface area (Å²) in [7, 11) is 3.39. The maximum atomic E-state index is 11.0. The van der Waals surface area contributed by atoms with Crippen LogP contribution in [0.25, 0.3) is 0 Å². The summed E-state index contributed by atoms with van der Waals surface area (Å²) in [6, 6.07) is 6.06. The summed E-state index contributed by atoms with van der Waals surface area (Å²) in [5.41, 5.74) is 6.31. The fourth-order valence-electron chi connectivity index (χ4n) is 3.02. The largest absolute Gasteiger partial charge is 0.497 e. The average Bonchev–Trinajstić information content (AvgIpc) is 2.63. The van der Waals surface area contributed by atoms with Gasteiger partial charge in [-0.2, -0.15) is 0 Å². The summed E-state index contributed by atoms with van der Waals surface area (Å²) in [4.78, 5) is 17.4. The van der Waals surface area contributed by atoms with Crippen molar-refractivity contribution in [3.63, 3.8) is 0 Å². The minimum Gasteiger partial charge on any atom is -0.497 e. The van der Waals surface area contributed by atoms with Gasteiger partial charge in [0.15, 0.2) is 5.96 Å². The molecule has 1 saturated heterocycles. The van der Waals surface area contributed by atoms with Gasteiger partial charge in [-0.3, -0.25) is 14.7 Å². The van der Waals surface area contributed by atoms with E-state index in [1.807, 2.05) is 18.2 Å². The molecule has 1 amide bonds. The molecule has 1 fully saturated rings. The van der Waals surface area contributed by atoms with Gasteiger partial charge in [0, 0.05) is 37.7 Å². The number of nitrogens with two attached hydrogens (primary N) is 1. The molecule has 0 unspecified atom stereocenters. The van der Waals surface area contributed by atoms with E-state index in [0.717, 1.165) is 56.2 Å². The van der Waals surface area contributed by atoms with Gasteiger partial charge in [-0.05, 0) is 37.0 Å². The molecule has 144 valence electrons. The van der Waals surface area contributed by atoms with Crippen molar-refractivity contribution in [2.75, 3.05) is 40.3 Å². The van der Waals surface area contributed by atoms with Crippen LogP contribution in [-0.2, 0) is 11.2 Å². The second-order valence-electron chi connectivity index (χ2n) is 6.37. The summed E-state index contributed by atoms with van der Waals surface area (Å²) < 4.78 is 5.17. The van der Waals surface area contributed by atoms with E-state index in [1.54, 1.807) is 14.2 Å². The lowest BCUT2D eigenvalue weighted by Gasteiger charge is -2.32. The Hall–Kier alpha value is -1.99. The molecule has 8 heteroatoms. The minimum absolute atomic E-state index is 0.272. The van der Waals surface area contributed by atoms with Crippen LogP contribution in [-0.4, -0.2) is 63.1 Å². The molecule has 0 saturated carbocycles. The number of halogens is 1. The zero-order valence-corrected chi connectivity index (χ0v) is 16.2. The van der Waals surface area contributed by atoms with Gasteiger partial charge in [-0.15, -0.1) is 0 Å². The quantitative estimate of drug-likeness (QED) is 0.484. The van der Waals surface area contributed by atoms with E-state index >= 15 is 0 Å². The molecule has 1 aromatic rings. The van der Waals surface area contributed by atoms with Crippen LogP contribution in [0, 0.1) is 0 Å². The molecular weight excluding hydrogens is 354 g/mol. The second kappa shape index (κ2) is 10.2. The molecule has 1 aliphatic rings. The first-order chi connectivity index (χ1) is 12.5. The highest BCUT2D eigenvalue weighted by molar-refractivity contribution is 6.31. The Bertz CT molecular complexity index is 630. The number of nitrogens with one attached hydrogen (secondary N) is 2. The fourth-order valence-corrected chi connectivity index (χ4v) is 3.28. The Morgan fingerprint density at radius 2 is 2.15 bits per heavy atom. The SMILES string of the molecule is CN=C(NCCc1ccc(OC)cc1Cl)NC1CCN(CC(N)=O)CC1. The van der Waals surface area contributed by atoms with Crippen LogP contribution in [0.15, 0.2) is 23.2 Å². The highest BCUT2D eigenvalue weighted by atomic mass is 35.5. The maximum Gasteiger partial charge on any atom is 0.231 e. The van der Waals surface area contributed by atoms with Crippen LogP contribution in [0.2, 0.25) is 5.02 Å². The third-order valence-electron chi connectivity index (χ3n) is 4.48. The third kappa shape index (κ3) is 6.38. The number of guanidine groups is 1. The number of methoxy groups -OCH3 is 1. The second-order valence-corrected chi connectivity index (χ2v) is 6.77. The van der Waals surface area contributed by atoms with Gasteiger partial charge >= 0.3 is 0 Å². The van der Waals surface area contributed by atoms with Crippen LogP contribution >= 0.6 is 11.6 Å². The summed E-state index contributed by atoms with van der Waals surface area (Å²) >= 11 is 6.27. The number of aliphatic imine (C=N–C) groups is 1. The van der Waals surface area contributed by atoms with Crippen molar-refractivity contribution in [1.82, 2.24) is 15.5 Å². The number of hydrogen-bond donors (Lipinski definition) is 3. The molecule has 1 heterocycles. The molecule has 2 rings (SSSR count). The zero-order chi connectivity index (χ0) is 18.9. The van der Waals surface area contributed by atoms with Gasteiger partial charge in [0.25, 0.3) is 0 Å². The number of rotatable bonds is 7. The summed E-state index contributed by atoms with van der Waals surface area (Å²) in [5.74, 6) is 1.26. The first-order valence-electron chi connectivity index (χ1n) is 8.82. The fraction of sp³-hybridized carbons (Fsp3) is 0.556. The monoisotopic (exact) mass is 381 g/mol. The molecule has 1 aliphatic heterocycles. The molecule has 0 aliphatic carbocycles. The number of primary amides is 1. The predicted molar refractivity (Wildman–Crippen MR) is 105 cm³/mol. The van der Waals surface area contributed by atoms with Crippen molar-refractivity contribution in [3.05, 3.63) is 28.8 Å². The maximum absolute atomic E-state index is 11.0. The smallest absolute Gasteiger partial charge is 0.231 e. The van der Waals surface area contributed by atoms with E-state index in [-0.39, 0.29) is 5.91 Å². The number of benzene rings is 1. The number of hydrogen-bond acceptors (Lipinski definition) is 4. The van der Waals surface area contributed by atoms with E-state index < -0.39 is 0 Å². The van der Waals surface area contributed by atoms with Crippen LogP contribution in [0.5, 0.6) is 5.75 Å². The Kier molecular flexibility index (Phi) is 8.00. The highest BCUT2D eigenvalue weighted by Crippen LogP contribution is 2.22. The molecule has 0 spiro atoms. The molecule has 0 bridgehead atoms. The number of carbonyl (C=O) groups excluding carboxylic acids is 1. The van der Waals surface area contributed by atoms with Crippen molar-refractivity contribution >= 4 is 23.5 Å². The molecule has 0 radical (unpaired) electrons. The standard InChI is InChI=1S/C18H28ClN5O2/c1-21-18(23-14-6-9-24(10-7-14)12-17(20)25)22-8-5-13-3-4-15(26-2)11-16(13)19/h3-4,11,14H,5-10,12H2,1-2H3,(H2,20,25)(H2,21,22,23). The summed E-state index contributed by atoms with van der Waals surface area (Å²) in [6.07, 6.45) is 2.71. The molecule has 0 aromatic heterocycles. The Balaban J connectivity index is 1.74. The summed E-state index contributed by atoms with van der Waals surface area (Å²) in [6.45, 7) is 2.78. The van der Waals surface area contributed by atoms with Crippen LogP contribution in [0.1, 0.15) is 18.4 Å².